The van der Waals surface area contributed by atoms with E-state index in [1.54, 1.807) is 24.5 Å². The lowest BCUT2D eigenvalue weighted by Gasteiger charge is -2.08. The van der Waals surface area contributed by atoms with Gasteiger partial charge in [0.15, 0.2) is 12.4 Å². The molecule has 2 aromatic carbocycles. The first-order valence-corrected chi connectivity index (χ1v) is 10.1. The van der Waals surface area contributed by atoms with Gasteiger partial charge in [-0.1, -0.05) is 24.3 Å². The number of nitrogens with one attached hydrogen (secondary N) is 1. The molecule has 0 saturated heterocycles. The highest BCUT2D eigenvalue weighted by Crippen LogP contribution is 2.30. The second kappa shape index (κ2) is 9.14. The zero-order valence-corrected chi connectivity index (χ0v) is 16.9. The Morgan fingerprint density at radius 3 is 2.68 bits per heavy atom. The zero-order chi connectivity index (χ0) is 21.6. The standard InChI is InChI=1S/C22H16N4O4S/c27-21(13-30-20-7-2-1-6-19(20)26(28)29)24-17-5-3-4-16(12-17)18-14-31-22(25-18)15-8-10-23-11-9-15/h1-12,14H,13H2,(H,24,27). The summed E-state index contributed by atoms with van der Waals surface area (Å²) in [7, 11) is 0. The van der Waals surface area contributed by atoms with Crippen LogP contribution in [0.2, 0.25) is 0 Å². The van der Waals surface area contributed by atoms with E-state index in [1.165, 1.54) is 29.5 Å². The van der Waals surface area contributed by atoms with Crippen LogP contribution in [0.4, 0.5) is 11.4 Å². The molecule has 154 valence electrons. The number of para-hydroxylation sites is 2. The third kappa shape index (κ3) is 4.90. The van der Waals surface area contributed by atoms with Crippen LogP contribution < -0.4 is 10.1 Å². The van der Waals surface area contributed by atoms with Gasteiger partial charge in [0.05, 0.1) is 10.6 Å². The smallest absolute Gasteiger partial charge is 0.310 e. The minimum atomic E-state index is -0.551. The summed E-state index contributed by atoms with van der Waals surface area (Å²) in [5.41, 5.74) is 3.03. The lowest BCUT2D eigenvalue weighted by atomic mass is 10.1. The molecule has 0 atom stereocenters. The van der Waals surface area contributed by atoms with E-state index in [1.807, 2.05) is 35.7 Å². The van der Waals surface area contributed by atoms with Crippen molar-refractivity contribution in [3.63, 3.8) is 0 Å². The Hall–Kier alpha value is -4.11. The lowest BCUT2D eigenvalue weighted by molar-refractivity contribution is -0.385. The van der Waals surface area contributed by atoms with Gasteiger partial charge >= 0.3 is 5.69 Å². The van der Waals surface area contributed by atoms with Gasteiger partial charge in [0.2, 0.25) is 0 Å². The predicted molar refractivity (Wildman–Crippen MR) is 118 cm³/mol. The summed E-state index contributed by atoms with van der Waals surface area (Å²) in [6, 6.07) is 17.0. The molecule has 4 aromatic rings. The first-order chi connectivity index (χ1) is 15.1. The second-order valence-corrected chi connectivity index (χ2v) is 7.27. The average Bonchev–Trinajstić information content (AvgIpc) is 3.29. The van der Waals surface area contributed by atoms with Crippen LogP contribution in [-0.4, -0.2) is 27.4 Å². The second-order valence-electron chi connectivity index (χ2n) is 6.42. The van der Waals surface area contributed by atoms with E-state index in [-0.39, 0.29) is 18.0 Å². The molecule has 0 bridgehead atoms. The van der Waals surface area contributed by atoms with Crippen molar-refractivity contribution in [2.24, 2.45) is 0 Å². The van der Waals surface area contributed by atoms with Gasteiger partial charge in [0.1, 0.15) is 5.01 Å². The third-order valence-corrected chi connectivity index (χ3v) is 5.19. The molecule has 0 radical (unpaired) electrons. The van der Waals surface area contributed by atoms with Crippen molar-refractivity contribution in [1.29, 1.82) is 0 Å². The number of thiazole rings is 1. The molecule has 0 fully saturated rings. The van der Waals surface area contributed by atoms with Gasteiger partial charge in [0, 0.05) is 40.7 Å². The van der Waals surface area contributed by atoms with Crippen LogP contribution >= 0.6 is 11.3 Å². The summed E-state index contributed by atoms with van der Waals surface area (Å²) in [4.78, 5) is 31.4. The fourth-order valence-corrected chi connectivity index (χ4v) is 3.70. The SMILES string of the molecule is O=C(COc1ccccc1[N+](=O)[O-])Nc1cccc(-c2csc(-c3ccncc3)n2)c1. The Morgan fingerprint density at radius 1 is 1.06 bits per heavy atom. The number of hydrogen-bond donors (Lipinski definition) is 1. The number of hydrogen-bond acceptors (Lipinski definition) is 7. The minimum Gasteiger partial charge on any atom is -0.477 e. The molecule has 4 rings (SSSR count). The van der Waals surface area contributed by atoms with Gasteiger partial charge in [-0.15, -0.1) is 11.3 Å². The number of ether oxygens (including phenoxy) is 1. The van der Waals surface area contributed by atoms with E-state index >= 15 is 0 Å². The number of rotatable bonds is 7. The Bertz CT molecular complexity index is 1230. The molecule has 9 heteroatoms. The summed E-state index contributed by atoms with van der Waals surface area (Å²) >= 11 is 1.53. The van der Waals surface area contributed by atoms with E-state index in [2.05, 4.69) is 15.3 Å². The lowest BCUT2D eigenvalue weighted by Crippen LogP contribution is -2.20. The van der Waals surface area contributed by atoms with Gasteiger partial charge in [-0.2, -0.15) is 0 Å². The largest absolute Gasteiger partial charge is 0.477 e. The molecule has 0 unspecified atom stereocenters. The van der Waals surface area contributed by atoms with Gasteiger partial charge in [-0.3, -0.25) is 19.9 Å². The average molecular weight is 432 g/mol. The van der Waals surface area contributed by atoms with Crippen molar-refractivity contribution in [2.45, 2.75) is 0 Å². The summed E-state index contributed by atoms with van der Waals surface area (Å²) in [5.74, 6) is -0.381. The summed E-state index contributed by atoms with van der Waals surface area (Å²) in [6.07, 6.45) is 3.44. The molecular weight excluding hydrogens is 416 g/mol. The Labute approximate surface area is 181 Å². The van der Waals surface area contributed by atoms with E-state index in [4.69, 9.17) is 4.74 Å². The van der Waals surface area contributed by atoms with Gasteiger partial charge in [0.25, 0.3) is 5.91 Å². The molecule has 1 N–H and O–H groups in total. The van der Waals surface area contributed by atoms with Crippen molar-refractivity contribution < 1.29 is 14.5 Å². The van der Waals surface area contributed by atoms with Crippen LogP contribution in [0, 0.1) is 10.1 Å². The highest BCUT2D eigenvalue weighted by atomic mass is 32.1. The molecule has 0 saturated carbocycles. The molecule has 0 spiro atoms. The van der Waals surface area contributed by atoms with Crippen LogP contribution in [0.25, 0.3) is 21.8 Å². The number of benzene rings is 2. The summed E-state index contributed by atoms with van der Waals surface area (Å²) in [5, 5.41) is 16.6. The number of carbonyl (C=O) groups is 1. The number of nitro benzene ring substituents is 1. The fourth-order valence-electron chi connectivity index (χ4n) is 2.86. The van der Waals surface area contributed by atoms with E-state index < -0.39 is 10.8 Å². The van der Waals surface area contributed by atoms with Crippen LogP contribution in [0.3, 0.4) is 0 Å². The quantitative estimate of drug-likeness (QED) is 0.332. The molecule has 2 aromatic heterocycles. The molecule has 2 heterocycles. The van der Waals surface area contributed by atoms with Crippen molar-refractivity contribution in [1.82, 2.24) is 9.97 Å². The number of nitrogens with zero attached hydrogens (tertiary/aromatic N) is 3. The predicted octanol–water partition coefficient (Wildman–Crippen LogP) is 4.80. The first-order valence-electron chi connectivity index (χ1n) is 9.22. The Morgan fingerprint density at radius 2 is 1.87 bits per heavy atom. The molecule has 8 nitrogen and oxygen atoms in total. The van der Waals surface area contributed by atoms with Crippen LogP contribution in [0.5, 0.6) is 5.75 Å². The number of anilines is 1. The maximum atomic E-state index is 12.3. The maximum Gasteiger partial charge on any atom is 0.310 e. The Kier molecular flexibility index (Phi) is 5.95. The van der Waals surface area contributed by atoms with Crippen molar-refractivity contribution in [2.75, 3.05) is 11.9 Å². The molecule has 31 heavy (non-hydrogen) atoms. The van der Waals surface area contributed by atoms with Crippen LogP contribution in [0.15, 0.2) is 78.4 Å². The number of amides is 1. The topological polar surface area (TPSA) is 107 Å². The van der Waals surface area contributed by atoms with Crippen LogP contribution in [0.1, 0.15) is 0 Å². The third-order valence-electron chi connectivity index (χ3n) is 4.29. The fraction of sp³-hybridized carbons (Fsp3) is 0.0455. The van der Waals surface area contributed by atoms with Gasteiger partial charge in [-0.25, -0.2) is 4.98 Å². The molecule has 0 aliphatic rings. The zero-order valence-electron chi connectivity index (χ0n) is 16.1. The molecular formula is C22H16N4O4S. The molecule has 0 aliphatic heterocycles. The summed E-state index contributed by atoms with van der Waals surface area (Å²) < 4.78 is 5.33. The number of nitro groups is 1. The first kappa shape index (κ1) is 20.2. The van der Waals surface area contributed by atoms with Gasteiger partial charge in [-0.05, 0) is 30.3 Å². The monoisotopic (exact) mass is 432 g/mol. The van der Waals surface area contributed by atoms with Gasteiger partial charge < -0.3 is 10.1 Å². The number of carbonyl (C=O) groups excluding carboxylic acids is 1. The van der Waals surface area contributed by atoms with Crippen molar-refractivity contribution in [3.8, 4) is 27.6 Å². The van der Waals surface area contributed by atoms with E-state index in [0.29, 0.717) is 5.69 Å². The number of pyridine rings is 1. The Balaban J connectivity index is 1.43. The molecule has 0 aliphatic carbocycles. The highest BCUT2D eigenvalue weighted by Gasteiger charge is 2.15. The number of aromatic nitrogens is 2. The normalized spacial score (nSPS) is 10.5. The van der Waals surface area contributed by atoms with E-state index in [9.17, 15) is 14.9 Å². The highest BCUT2D eigenvalue weighted by molar-refractivity contribution is 7.13. The minimum absolute atomic E-state index is 0.0440. The maximum absolute atomic E-state index is 12.3. The van der Waals surface area contributed by atoms with Crippen LogP contribution in [-0.2, 0) is 4.79 Å². The van der Waals surface area contributed by atoms with Crippen molar-refractivity contribution in [3.05, 3.63) is 88.6 Å². The van der Waals surface area contributed by atoms with Crippen molar-refractivity contribution >= 4 is 28.6 Å². The van der Waals surface area contributed by atoms with E-state index in [0.717, 1.165) is 21.8 Å². The summed E-state index contributed by atoms with van der Waals surface area (Å²) in [6.45, 7) is -0.349. The molecule has 1 amide bonds.